The van der Waals surface area contributed by atoms with Gasteiger partial charge in [-0.15, -0.1) is 0 Å². The quantitative estimate of drug-likeness (QED) is 0.0195. The first-order valence-electron chi connectivity index (χ1n) is 34.1. The van der Waals surface area contributed by atoms with Crippen molar-refractivity contribution in [3.05, 3.63) is 36.5 Å². The fourth-order valence-corrected chi connectivity index (χ4v) is 10.1. The van der Waals surface area contributed by atoms with Crippen LogP contribution in [0.4, 0.5) is 0 Å². The minimum atomic E-state index is -1.62. The highest BCUT2D eigenvalue weighted by Crippen LogP contribution is 2.18. The summed E-state index contributed by atoms with van der Waals surface area (Å²) in [4.78, 5) is 37.5. The number of ether oxygens (including phenoxy) is 4. The molecule has 2 unspecified atom stereocenters. The van der Waals surface area contributed by atoms with E-state index in [0.717, 1.165) is 38.5 Å². The van der Waals surface area contributed by atoms with E-state index in [1.807, 2.05) is 21.1 Å². The summed E-state index contributed by atoms with van der Waals surface area (Å²) in [5, 5.41) is 11.8. The Morgan fingerprint density at radius 1 is 0.380 bits per heavy atom. The number of allylic oxidation sites excluding steroid dienone is 6. The maximum absolute atomic E-state index is 12.9. The van der Waals surface area contributed by atoms with E-state index in [9.17, 15) is 19.5 Å². The van der Waals surface area contributed by atoms with Gasteiger partial charge in [-0.3, -0.25) is 9.59 Å². The molecule has 0 radical (unpaired) electrons. The number of hydrogen-bond acceptors (Lipinski definition) is 8. The Bertz CT molecular complexity index is 1390. The van der Waals surface area contributed by atoms with Crippen molar-refractivity contribution in [3.63, 3.8) is 0 Å². The predicted octanol–water partition coefficient (Wildman–Crippen LogP) is 19.5. The highest BCUT2D eigenvalue weighted by atomic mass is 16.7. The summed E-state index contributed by atoms with van der Waals surface area (Å²) in [5.41, 5.74) is 0. The number of carboxylic acids is 1. The van der Waals surface area contributed by atoms with Gasteiger partial charge in [0, 0.05) is 12.8 Å². The number of carbonyl (C=O) groups excluding carboxylic acids is 3. The minimum Gasteiger partial charge on any atom is -0.545 e. The van der Waals surface area contributed by atoms with Crippen LogP contribution in [0.5, 0.6) is 0 Å². The molecule has 0 rings (SSSR count). The van der Waals surface area contributed by atoms with Crippen LogP contribution in [0.15, 0.2) is 36.5 Å². The largest absolute Gasteiger partial charge is 0.545 e. The molecule has 0 aliphatic heterocycles. The van der Waals surface area contributed by atoms with E-state index in [-0.39, 0.29) is 32.2 Å². The molecular formula is C70H131NO8. The standard InChI is InChI=1S/C70H131NO8/c1-6-8-10-12-14-16-18-20-22-24-26-28-30-32-34-36-38-40-42-44-46-48-50-52-54-56-58-60-67(72)77-64-66(65-78-70(69(74)75)76-63-62-71(3,4)5)79-68(73)61-59-57-55-53-51-49-47-45-43-41-39-37-35-33-31-29-27-25-23-21-19-17-15-13-11-9-7-2/h19,21,24-27,66,70H,6-18,20,22-23,28-65H2,1-5H3/b21-19-,26-24-,27-25-. The molecule has 0 aliphatic rings. The van der Waals surface area contributed by atoms with Gasteiger partial charge in [0.25, 0.3) is 0 Å². The average molecular weight is 1110 g/mol. The van der Waals surface area contributed by atoms with Crippen molar-refractivity contribution in [2.45, 2.75) is 347 Å². The highest BCUT2D eigenvalue weighted by Gasteiger charge is 2.22. The number of carbonyl (C=O) groups is 3. The van der Waals surface area contributed by atoms with Crippen LogP contribution >= 0.6 is 0 Å². The van der Waals surface area contributed by atoms with Gasteiger partial charge in [0.2, 0.25) is 0 Å². The molecule has 2 atom stereocenters. The van der Waals surface area contributed by atoms with Crippen molar-refractivity contribution < 1.29 is 42.9 Å². The first kappa shape index (κ1) is 76.5. The third kappa shape index (κ3) is 63.0. The van der Waals surface area contributed by atoms with Crippen molar-refractivity contribution in [2.75, 3.05) is 47.5 Å². The Kier molecular flexibility index (Phi) is 59.6. The molecule has 0 aromatic carbocycles. The molecule has 0 heterocycles. The van der Waals surface area contributed by atoms with Crippen molar-refractivity contribution >= 4 is 17.9 Å². The second kappa shape index (κ2) is 61.6. The van der Waals surface area contributed by atoms with E-state index in [2.05, 4.69) is 50.3 Å². The van der Waals surface area contributed by atoms with Crippen LogP contribution < -0.4 is 5.11 Å². The van der Waals surface area contributed by atoms with Crippen LogP contribution in [0, 0.1) is 0 Å². The lowest BCUT2D eigenvalue weighted by atomic mass is 10.0. The van der Waals surface area contributed by atoms with Crippen LogP contribution in [-0.2, 0) is 33.3 Å². The molecule has 464 valence electrons. The van der Waals surface area contributed by atoms with Crippen molar-refractivity contribution in [1.82, 2.24) is 0 Å². The first-order chi connectivity index (χ1) is 38.6. The zero-order valence-corrected chi connectivity index (χ0v) is 53.0. The van der Waals surface area contributed by atoms with Crippen LogP contribution in [-0.4, -0.2) is 82.3 Å². The Labute approximate surface area is 490 Å². The van der Waals surface area contributed by atoms with Gasteiger partial charge < -0.3 is 33.3 Å². The van der Waals surface area contributed by atoms with Crippen LogP contribution in [0.3, 0.4) is 0 Å². The zero-order valence-electron chi connectivity index (χ0n) is 53.0. The Balaban J connectivity index is 4.10. The molecule has 0 spiro atoms. The van der Waals surface area contributed by atoms with E-state index < -0.39 is 24.3 Å². The number of rotatable bonds is 64. The molecule has 9 heteroatoms. The summed E-state index contributed by atoms with van der Waals surface area (Å²) < 4.78 is 22.8. The molecule has 79 heavy (non-hydrogen) atoms. The number of unbranched alkanes of at least 4 members (excludes halogenated alkanes) is 43. The smallest absolute Gasteiger partial charge is 0.306 e. The molecule has 0 saturated carbocycles. The zero-order chi connectivity index (χ0) is 57.6. The fraction of sp³-hybridized carbons (Fsp3) is 0.871. The van der Waals surface area contributed by atoms with E-state index >= 15 is 0 Å². The maximum Gasteiger partial charge on any atom is 0.306 e. The van der Waals surface area contributed by atoms with Crippen LogP contribution in [0.25, 0.3) is 0 Å². The van der Waals surface area contributed by atoms with Crippen molar-refractivity contribution in [1.29, 1.82) is 0 Å². The molecular weight excluding hydrogens is 983 g/mol. The van der Waals surface area contributed by atoms with Gasteiger partial charge in [0.1, 0.15) is 13.2 Å². The molecule has 0 aromatic rings. The van der Waals surface area contributed by atoms with Crippen molar-refractivity contribution in [3.8, 4) is 0 Å². The molecule has 9 nitrogen and oxygen atoms in total. The molecule has 0 saturated heterocycles. The van der Waals surface area contributed by atoms with Gasteiger partial charge in [0.05, 0.1) is 40.3 Å². The van der Waals surface area contributed by atoms with E-state index in [1.165, 1.54) is 263 Å². The van der Waals surface area contributed by atoms with Crippen LogP contribution in [0.1, 0.15) is 335 Å². The van der Waals surface area contributed by atoms with Crippen LogP contribution in [0.2, 0.25) is 0 Å². The lowest BCUT2D eigenvalue weighted by molar-refractivity contribution is -0.870. The van der Waals surface area contributed by atoms with E-state index in [1.54, 1.807) is 0 Å². The van der Waals surface area contributed by atoms with Gasteiger partial charge >= 0.3 is 11.9 Å². The molecule has 0 aliphatic carbocycles. The van der Waals surface area contributed by atoms with E-state index in [4.69, 9.17) is 18.9 Å². The number of hydrogen-bond donors (Lipinski definition) is 0. The molecule has 0 aromatic heterocycles. The lowest BCUT2D eigenvalue weighted by Crippen LogP contribution is -2.44. The average Bonchev–Trinajstić information content (AvgIpc) is 3.42. The van der Waals surface area contributed by atoms with Crippen molar-refractivity contribution in [2.24, 2.45) is 0 Å². The summed E-state index contributed by atoms with van der Waals surface area (Å²) in [5.74, 6) is -2.26. The van der Waals surface area contributed by atoms with Gasteiger partial charge in [-0.25, -0.2) is 0 Å². The van der Waals surface area contributed by atoms with Gasteiger partial charge in [-0.1, -0.05) is 288 Å². The third-order valence-electron chi connectivity index (χ3n) is 15.4. The SMILES string of the molecule is CCCCCCC/C=C\C/C=C\CCCCCCCCCCCCCCCCCC(=O)OC(COC(=O)CCCCCCCCCCCCCCCCC/C=C\CCCCCCCCCC)COC(OCC[N+](C)(C)C)C(=O)[O-]. The second-order valence-corrected chi connectivity index (χ2v) is 24.5. The Hall–Kier alpha value is -2.49. The number of carboxylic acid groups (broad SMARTS) is 1. The highest BCUT2D eigenvalue weighted by molar-refractivity contribution is 5.70. The number of nitrogens with zero attached hydrogens (tertiary/aromatic N) is 1. The number of likely N-dealkylation sites (N-methyl/N-ethyl adjacent to an activating group) is 1. The Morgan fingerprint density at radius 2 is 0.684 bits per heavy atom. The molecule has 0 amide bonds. The third-order valence-corrected chi connectivity index (χ3v) is 15.4. The van der Waals surface area contributed by atoms with Gasteiger partial charge in [-0.2, -0.15) is 0 Å². The predicted molar refractivity (Wildman–Crippen MR) is 334 cm³/mol. The fourth-order valence-electron chi connectivity index (χ4n) is 10.1. The maximum atomic E-state index is 12.9. The molecule has 0 bridgehead atoms. The summed E-state index contributed by atoms with van der Waals surface area (Å²) in [6, 6.07) is 0. The Morgan fingerprint density at radius 3 is 1.01 bits per heavy atom. The van der Waals surface area contributed by atoms with Gasteiger partial charge in [0.15, 0.2) is 12.4 Å². The molecule has 0 N–H and O–H groups in total. The monoisotopic (exact) mass is 1110 g/mol. The topological polar surface area (TPSA) is 111 Å². The summed E-state index contributed by atoms with van der Waals surface area (Å²) in [6.45, 7) is 4.80. The van der Waals surface area contributed by atoms with E-state index in [0.29, 0.717) is 23.9 Å². The minimum absolute atomic E-state index is 0.150. The first-order valence-corrected chi connectivity index (χ1v) is 34.1. The lowest BCUT2D eigenvalue weighted by Gasteiger charge is -2.26. The summed E-state index contributed by atoms with van der Waals surface area (Å²) in [7, 11) is 5.94. The summed E-state index contributed by atoms with van der Waals surface area (Å²) in [6.07, 6.45) is 73.6. The number of quaternary nitrogens is 1. The second-order valence-electron chi connectivity index (χ2n) is 24.5. The number of aliphatic carboxylic acids is 1. The van der Waals surface area contributed by atoms with Gasteiger partial charge in [-0.05, 0) is 70.6 Å². The molecule has 0 fully saturated rings. The summed E-state index contributed by atoms with van der Waals surface area (Å²) >= 11 is 0. The normalized spacial score (nSPS) is 12.9. The number of esters is 2.